The average molecular weight is 430 g/mol. The maximum atomic E-state index is 4.87. The van der Waals surface area contributed by atoms with Gasteiger partial charge < -0.3 is 14.5 Å². The lowest BCUT2D eigenvalue weighted by atomic mass is 9.87. The molecule has 0 spiro atoms. The standard InChI is InChI=1S/C27H35N5/c1-27(2,3)22-7-8-23-24(17-22)30-25(29-23)21-16-20-11-15-32(26(20)28-18-21)12-5-6-19-9-13-31(4)14-10-19/h7-8,11,15-19H,5-6,9-10,12-14H2,1-4H3,(H,29,30). The van der Waals surface area contributed by atoms with Crippen LogP contribution in [0.5, 0.6) is 0 Å². The zero-order chi connectivity index (χ0) is 22.3. The summed E-state index contributed by atoms with van der Waals surface area (Å²) in [7, 11) is 2.23. The Morgan fingerprint density at radius 2 is 1.91 bits per heavy atom. The van der Waals surface area contributed by atoms with Crippen LogP contribution in [0.15, 0.2) is 42.7 Å². The molecule has 1 aliphatic rings. The van der Waals surface area contributed by atoms with Gasteiger partial charge in [-0.1, -0.05) is 26.8 Å². The Hall–Kier alpha value is -2.66. The molecule has 0 amide bonds. The van der Waals surface area contributed by atoms with Gasteiger partial charge in [-0.2, -0.15) is 0 Å². The number of rotatable bonds is 5. The first kappa shape index (κ1) is 21.2. The van der Waals surface area contributed by atoms with E-state index < -0.39 is 0 Å². The maximum Gasteiger partial charge on any atom is 0.140 e. The Balaban J connectivity index is 1.31. The first-order valence-corrected chi connectivity index (χ1v) is 12.0. The van der Waals surface area contributed by atoms with Crippen molar-refractivity contribution in [1.29, 1.82) is 0 Å². The summed E-state index contributed by atoms with van der Waals surface area (Å²) in [5.74, 6) is 1.77. The fourth-order valence-corrected chi connectivity index (χ4v) is 4.90. The second-order valence-electron chi connectivity index (χ2n) is 10.6. The third-order valence-electron chi connectivity index (χ3n) is 7.07. The zero-order valence-electron chi connectivity index (χ0n) is 19.9. The van der Waals surface area contributed by atoms with E-state index in [2.05, 4.69) is 78.8 Å². The molecule has 0 saturated carbocycles. The molecule has 1 aromatic carbocycles. The van der Waals surface area contributed by atoms with E-state index in [1.807, 2.05) is 6.20 Å². The van der Waals surface area contributed by atoms with Gasteiger partial charge in [0.25, 0.3) is 0 Å². The predicted molar refractivity (Wildman–Crippen MR) is 133 cm³/mol. The molecule has 5 rings (SSSR count). The molecule has 4 heterocycles. The van der Waals surface area contributed by atoms with Crippen molar-refractivity contribution in [3.63, 3.8) is 0 Å². The minimum Gasteiger partial charge on any atom is -0.338 e. The highest BCUT2D eigenvalue weighted by Gasteiger charge is 2.17. The van der Waals surface area contributed by atoms with E-state index >= 15 is 0 Å². The van der Waals surface area contributed by atoms with E-state index in [1.54, 1.807) is 0 Å². The van der Waals surface area contributed by atoms with Gasteiger partial charge >= 0.3 is 0 Å². The molecule has 1 aliphatic heterocycles. The first-order chi connectivity index (χ1) is 15.4. The van der Waals surface area contributed by atoms with Gasteiger partial charge in [-0.3, -0.25) is 0 Å². The molecule has 3 aromatic heterocycles. The number of aromatic nitrogens is 4. The largest absolute Gasteiger partial charge is 0.338 e. The molecule has 0 unspecified atom stereocenters. The summed E-state index contributed by atoms with van der Waals surface area (Å²) in [5.41, 5.74) is 5.61. The van der Waals surface area contributed by atoms with E-state index in [0.29, 0.717) is 0 Å². The lowest BCUT2D eigenvalue weighted by molar-refractivity contribution is 0.209. The number of likely N-dealkylation sites (tertiary alicyclic amines) is 1. The summed E-state index contributed by atoms with van der Waals surface area (Å²) in [6.07, 6.45) is 9.38. The number of aromatic amines is 1. The van der Waals surface area contributed by atoms with Crippen LogP contribution in [0, 0.1) is 5.92 Å². The Morgan fingerprint density at radius 3 is 2.69 bits per heavy atom. The number of benzene rings is 1. The number of hydrogen-bond acceptors (Lipinski definition) is 3. The summed E-state index contributed by atoms with van der Waals surface area (Å²) >= 11 is 0. The van der Waals surface area contributed by atoms with Crippen molar-refractivity contribution in [2.45, 2.75) is 58.4 Å². The minimum atomic E-state index is 0.115. The highest BCUT2D eigenvalue weighted by Crippen LogP contribution is 2.28. The third-order valence-corrected chi connectivity index (χ3v) is 7.07. The van der Waals surface area contributed by atoms with Crippen molar-refractivity contribution < 1.29 is 0 Å². The molecule has 0 atom stereocenters. The molecule has 5 heteroatoms. The van der Waals surface area contributed by atoms with Crippen molar-refractivity contribution in [3.8, 4) is 11.4 Å². The molecule has 5 nitrogen and oxygen atoms in total. The molecule has 1 saturated heterocycles. The Bertz CT molecular complexity index is 1220. The highest BCUT2D eigenvalue weighted by molar-refractivity contribution is 5.84. The van der Waals surface area contributed by atoms with Crippen LogP contribution >= 0.6 is 0 Å². The zero-order valence-corrected chi connectivity index (χ0v) is 19.9. The van der Waals surface area contributed by atoms with Crippen molar-refractivity contribution in [2.75, 3.05) is 20.1 Å². The van der Waals surface area contributed by atoms with Crippen LogP contribution in [0.4, 0.5) is 0 Å². The van der Waals surface area contributed by atoms with Crippen LogP contribution in [0.3, 0.4) is 0 Å². The van der Waals surface area contributed by atoms with Gasteiger partial charge in [0.1, 0.15) is 11.5 Å². The molecule has 0 bridgehead atoms. The fourth-order valence-electron chi connectivity index (χ4n) is 4.90. The van der Waals surface area contributed by atoms with Gasteiger partial charge in [0, 0.05) is 29.9 Å². The molecular weight excluding hydrogens is 394 g/mol. The number of H-pyrrole nitrogens is 1. The van der Waals surface area contributed by atoms with Gasteiger partial charge in [-0.25, -0.2) is 9.97 Å². The van der Waals surface area contributed by atoms with Gasteiger partial charge in [0.05, 0.1) is 11.0 Å². The summed E-state index contributed by atoms with van der Waals surface area (Å²) in [5, 5.41) is 1.18. The van der Waals surface area contributed by atoms with Crippen molar-refractivity contribution in [2.24, 2.45) is 5.92 Å². The summed E-state index contributed by atoms with van der Waals surface area (Å²) in [6.45, 7) is 10.2. The molecule has 0 radical (unpaired) electrons. The second kappa shape index (κ2) is 8.36. The van der Waals surface area contributed by atoms with E-state index in [-0.39, 0.29) is 5.41 Å². The monoisotopic (exact) mass is 429 g/mol. The van der Waals surface area contributed by atoms with Crippen molar-refractivity contribution in [3.05, 3.63) is 48.3 Å². The smallest absolute Gasteiger partial charge is 0.140 e. The summed E-state index contributed by atoms with van der Waals surface area (Å²) in [6, 6.07) is 10.9. The number of imidazole rings is 1. The number of nitrogens with one attached hydrogen (secondary N) is 1. The Morgan fingerprint density at radius 1 is 1.09 bits per heavy atom. The highest BCUT2D eigenvalue weighted by atomic mass is 15.1. The normalized spacial score (nSPS) is 16.4. The molecule has 1 N–H and O–H groups in total. The molecule has 4 aromatic rings. The quantitative estimate of drug-likeness (QED) is 0.423. The van der Waals surface area contributed by atoms with Crippen LogP contribution in [-0.4, -0.2) is 44.6 Å². The molecule has 1 fully saturated rings. The number of hydrogen-bond donors (Lipinski definition) is 1. The van der Waals surface area contributed by atoms with Crippen LogP contribution in [0.2, 0.25) is 0 Å². The van der Waals surface area contributed by atoms with Crippen LogP contribution < -0.4 is 0 Å². The lowest BCUT2D eigenvalue weighted by Crippen LogP contribution is -2.30. The molecular formula is C27H35N5. The molecule has 0 aliphatic carbocycles. The van der Waals surface area contributed by atoms with Gasteiger partial charge in [0.15, 0.2) is 0 Å². The molecule has 32 heavy (non-hydrogen) atoms. The third kappa shape index (κ3) is 4.31. The Kier molecular flexibility index (Phi) is 5.54. The van der Waals surface area contributed by atoms with Gasteiger partial charge in [0.2, 0.25) is 0 Å². The topological polar surface area (TPSA) is 49.7 Å². The molecule has 168 valence electrons. The van der Waals surface area contributed by atoms with Crippen LogP contribution in [-0.2, 0) is 12.0 Å². The van der Waals surface area contributed by atoms with Gasteiger partial charge in [-0.15, -0.1) is 0 Å². The number of aryl methyl sites for hydroxylation is 1. The number of pyridine rings is 1. The van der Waals surface area contributed by atoms with Crippen LogP contribution in [0.1, 0.15) is 52.0 Å². The maximum absolute atomic E-state index is 4.87. The number of piperidine rings is 1. The van der Waals surface area contributed by atoms with E-state index in [1.165, 1.54) is 49.7 Å². The number of nitrogens with zero attached hydrogens (tertiary/aromatic N) is 4. The van der Waals surface area contributed by atoms with E-state index in [0.717, 1.165) is 40.5 Å². The van der Waals surface area contributed by atoms with Crippen LogP contribution in [0.25, 0.3) is 33.5 Å². The van der Waals surface area contributed by atoms with Gasteiger partial charge in [-0.05, 0) is 87.0 Å². The fraction of sp³-hybridized carbons (Fsp3) is 0.481. The first-order valence-electron chi connectivity index (χ1n) is 12.0. The Labute approximate surface area is 190 Å². The van der Waals surface area contributed by atoms with Crippen molar-refractivity contribution >= 4 is 22.1 Å². The van der Waals surface area contributed by atoms with Crippen molar-refractivity contribution in [1.82, 2.24) is 24.4 Å². The second-order valence-corrected chi connectivity index (χ2v) is 10.6. The lowest BCUT2D eigenvalue weighted by Gasteiger charge is -2.28. The number of fused-ring (bicyclic) bond motifs is 2. The predicted octanol–water partition coefficient (Wildman–Crippen LogP) is 6.00. The average Bonchev–Trinajstić information content (AvgIpc) is 3.37. The van der Waals surface area contributed by atoms with E-state index in [4.69, 9.17) is 9.97 Å². The van der Waals surface area contributed by atoms with E-state index in [9.17, 15) is 0 Å². The summed E-state index contributed by atoms with van der Waals surface area (Å²) < 4.78 is 2.31. The minimum absolute atomic E-state index is 0.115. The SMILES string of the molecule is CN1CCC(CCCn2ccc3cc(-c4nc5cc(C(C)(C)C)ccc5[nH]4)cnc32)CC1. The summed E-state index contributed by atoms with van der Waals surface area (Å²) in [4.78, 5) is 15.6.